The van der Waals surface area contributed by atoms with Crippen molar-refractivity contribution in [3.8, 4) is 22.8 Å². The minimum atomic E-state index is 0.146. The molecule has 0 N–H and O–H groups in total. The molecular formula is C21H26N4O3. The quantitative estimate of drug-likeness (QED) is 0.792. The summed E-state index contributed by atoms with van der Waals surface area (Å²) in [6, 6.07) is 9.74. The van der Waals surface area contributed by atoms with Crippen molar-refractivity contribution in [1.82, 2.24) is 15.1 Å². The van der Waals surface area contributed by atoms with Crippen LogP contribution in [0.5, 0.6) is 11.5 Å². The van der Waals surface area contributed by atoms with Gasteiger partial charge in [0.05, 0.1) is 5.69 Å². The number of aromatic nitrogens is 2. The second-order valence-electron chi connectivity index (χ2n) is 7.17. The second kappa shape index (κ2) is 8.04. The van der Waals surface area contributed by atoms with Crippen LogP contribution >= 0.6 is 0 Å². The Labute approximate surface area is 165 Å². The van der Waals surface area contributed by atoms with Gasteiger partial charge in [-0.15, -0.1) is 10.2 Å². The number of anilines is 1. The molecule has 28 heavy (non-hydrogen) atoms. The van der Waals surface area contributed by atoms with Crippen molar-refractivity contribution < 1.29 is 14.3 Å². The van der Waals surface area contributed by atoms with Gasteiger partial charge in [0.15, 0.2) is 17.3 Å². The molecule has 1 aromatic carbocycles. The summed E-state index contributed by atoms with van der Waals surface area (Å²) < 4.78 is 10.8. The van der Waals surface area contributed by atoms with Crippen LogP contribution in [0.4, 0.5) is 5.82 Å². The van der Waals surface area contributed by atoms with E-state index in [0.717, 1.165) is 67.6 Å². The first-order valence-electron chi connectivity index (χ1n) is 9.97. The molecular weight excluding hydrogens is 356 g/mol. The lowest BCUT2D eigenvalue weighted by Crippen LogP contribution is -2.50. The van der Waals surface area contributed by atoms with Crippen molar-refractivity contribution in [1.29, 1.82) is 0 Å². The molecule has 0 bridgehead atoms. The molecule has 1 saturated heterocycles. The van der Waals surface area contributed by atoms with Gasteiger partial charge >= 0.3 is 0 Å². The van der Waals surface area contributed by atoms with Crippen LogP contribution in [0.3, 0.4) is 0 Å². The normalized spacial score (nSPS) is 16.0. The highest BCUT2D eigenvalue weighted by molar-refractivity contribution is 5.79. The molecule has 7 nitrogen and oxygen atoms in total. The van der Waals surface area contributed by atoms with Gasteiger partial charge < -0.3 is 19.3 Å². The molecule has 0 unspecified atom stereocenters. The number of fused-ring (bicyclic) bond motifs is 1. The fourth-order valence-electron chi connectivity index (χ4n) is 3.76. The van der Waals surface area contributed by atoms with Gasteiger partial charge in [0.25, 0.3) is 0 Å². The lowest BCUT2D eigenvalue weighted by Gasteiger charge is -2.36. The molecule has 4 rings (SSSR count). The van der Waals surface area contributed by atoms with Crippen LogP contribution in [0.15, 0.2) is 30.3 Å². The van der Waals surface area contributed by atoms with Crippen molar-refractivity contribution in [3.05, 3.63) is 30.3 Å². The number of hydrogen-bond donors (Lipinski definition) is 0. The van der Waals surface area contributed by atoms with Crippen LogP contribution in [0.25, 0.3) is 11.3 Å². The van der Waals surface area contributed by atoms with Gasteiger partial charge in [-0.3, -0.25) is 4.79 Å². The van der Waals surface area contributed by atoms with Crippen molar-refractivity contribution in [2.45, 2.75) is 26.7 Å². The predicted octanol–water partition coefficient (Wildman–Crippen LogP) is 2.96. The molecule has 2 aliphatic rings. The van der Waals surface area contributed by atoms with Crippen LogP contribution in [0, 0.1) is 5.92 Å². The van der Waals surface area contributed by atoms with E-state index in [1.807, 2.05) is 35.2 Å². The largest absolute Gasteiger partial charge is 0.454 e. The number of ether oxygens (including phenoxy) is 2. The Balaban J connectivity index is 1.39. The standard InChI is InChI=1S/C21H26N4O3/c1-3-15(4-2)21(26)25-11-9-24(10-12-25)20-8-6-17(22-23-20)16-5-7-18-19(13-16)28-14-27-18/h5-8,13,15H,3-4,9-12,14H2,1-2H3. The van der Waals surface area contributed by atoms with Gasteiger partial charge in [0.1, 0.15) is 0 Å². The fraction of sp³-hybridized carbons (Fsp3) is 0.476. The molecule has 0 atom stereocenters. The maximum Gasteiger partial charge on any atom is 0.231 e. The van der Waals surface area contributed by atoms with Crippen LogP contribution in [-0.4, -0.2) is 54.0 Å². The Morgan fingerprint density at radius 2 is 1.75 bits per heavy atom. The van der Waals surface area contributed by atoms with Crippen molar-refractivity contribution in [3.63, 3.8) is 0 Å². The lowest BCUT2D eigenvalue weighted by molar-refractivity contribution is -0.136. The zero-order chi connectivity index (χ0) is 19.5. The monoisotopic (exact) mass is 382 g/mol. The van der Waals surface area contributed by atoms with Gasteiger partial charge in [-0.2, -0.15) is 0 Å². The smallest absolute Gasteiger partial charge is 0.231 e. The molecule has 1 amide bonds. The molecule has 0 saturated carbocycles. The summed E-state index contributed by atoms with van der Waals surface area (Å²) in [4.78, 5) is 16.7. The minimum Gasteiger partial charge on any atom is -0.454 e. The van der Waals surface area contributed by atoms with Crippen LogP contribution in [-0.2, 0) is 4.79 Å². The summed E-state index contributed by atoms with van der Waals surface area (Å²) in [6.45, 7) is 7.46. The van der Waals surface area contributed by atoms with Crippen molar-refractivity contribution >= 4 is 11.7 Å². The number of benzene rings is 1. The van der Waals surface area contributed by atoms with Crippen LogP contribution < -0.4 is 14.4 Å². The molecule has 2 aromatic rings. The molecule has 3 heterocycles. The SMILES string of the molecule is CCC(CC)C(=O)N1CCN(c2ccc(-c3ccc4c(c3)OCO4)nn2)CC1. The van der Waals surface area contributed by atoms with E-state index >= 15 is 0 Å². The highest BCUT2D eigenvalue weighted by Gasteiger charge is 2.26. The van der Waals surface area contributed by atoms with E-state index in [4.69, 9.17) is 9.47 Å². The number of rotatable bonds is 5. The van der Waals surface area contributed by atoms with E-state index in [9.17, 15) is 4.79 Å². The average Bonchev–Trinajstić information content (AvgIpc) is 3.23. The van der Waals surface area contributed by atoms with Crippen molar-refractivity contribution in [2.24, 2.45) is 5.92 Å². The summed E-state index contributed by atoms with van der Waals surface area (Å²) in [6.07, 6.45) is 1.81. The Hall–Kier alpha value is -2.83. The van der Waals surface area contributed by atoms with Gasteiger partial charge in [0.2, 0.25) is 12.7 Å². The first kappa shape index (κ1) is 18.5. The van der Waals surface area contributed by atoms with Crippen molar-refractivity contribution in [2.75, 3.05) is 37.9 Å². The Morgan fingerprint density at radius 3 is 2.43 bits per heavy atom. The van der Waals surface area contributed by atoms with Gasteiger partial charge in [-0.05, 0) is 43.2 Å². The average molecular weight is 382 g/mol. The fourth-order valence-corrected chi connectivity index (χ4v) is 3.76. The van der Waals surface area contributed by atoms with E-state index < -0.39 is 0 Å². The first-order chi connectivity index (χ1) is 13.7. The number of piperazine rings is 1. The zero-order valence-electron chi connectivity index (χ0n) is 16.4. The van der Waals surface area contributed by atoms with Crippen LogP contribution in [0.2, 0.25) is 0 Å². The predicted molar refractivity (Wildman–Crippen MR) is 106 cm³/mol. The minimum absolute atomic E-state index is 0.146. The van der Waals surface area contributed by atoms with E-state index in [-0.39, 0.29) is 18.6 Å². The number of nitrogens with zero attached hydrogens (tertiary/aromatic N) is 4. The molecule has 0 radical (unpaired) electrons. The van der Waals surface area contributed by atoms with E-state index in [1.54, 1.807) is 0 Å². The summed E-state index contributed by atoms with van der Waals surface area (Å²) in [5.74, 6) is 2.77. The Bertz CT molecular complexity index is 828. The second-order valence-corrected chi connectivity index (χ2v) is 7.17. The van der Waals surface area contributed by atoms with Gasteiger partial charge in [-0.1, -0.05) is 13.8 Å². The number of carbonyl (C=O) groups excluding carboxylic acids is 1. The molecule has 1 aromatic heterocycles. The number of amides is 1. The molecule has 1 fully saturated rings. The summed E-state index contributed by atoms with van der Waals surface area (Å²) in [5, 5.41) is 8.80. The Morgan fingerprint density at radius 1 is 1.00 bits per heavy atom. The molecule has 148 valence electrons. The summed E-state index contributed by atoms with van der Waals surface area (Å²) in [7, 11) is 0. The molecule has 0 aliphatic carbocycles. The maximum absolute atomic E-state index is 12.5. The van der Waals surface area contributed by atoms with E-state index in [1.165, 1.54) is 0 Å². The maximum atomic E-state index is 12.5. The van der Waals surface area contributed by atoms with Gasteiger partial charge in [0, 0.05) is 37.7 Å². The zero-order valence-corrected chi connectivity index (χ0v) is 16.4. The third kappa shape index (κ3) is 3.61. The number of carbonyl (C=O) groups is 1. The topological polar surface area (TPSA) is 67.8 Å². The Kier molecular flexibility index (Phi) is 5.32. The third-order valence-corrected chi connectivity index (χ3v) is 5.57. The van der Waals surface area contributed by atoms with Gasteiger partial charge in [-0.25, -0.2) is 0 Å². The molecule has 0 spiro atoms. The summed E-state index contributed by atoms with van der Waals surface area (Å²) >= 11 is 0. The number of hydrogen-bond acceptors (Lipinski definition) is 6. The van der Waals surface area contributed by atoms with E-state index in [0.29, 0.717) is 0 Å². The summed E-state index contributed by atoms with van der Waals surface area (Å²) in [5.41, 5.74) is 1.74. The molecule has 2 aliphatic heterocycles. The first-order valence-corrected chi connectivity index (χ1v) is 9.97. The highest BCUT2D eigenvalue weighted by Crippen LogP contribution is 2.35. The lowest BCUT2D eigenvalue weighted by atomic mass is 10.0. The molecule has 7 heteroatoms. The third-order valence-electron chi connectivity index (χ3n) is 5.57. The van der Waals surface area contributed by atoms with Crippen LogP contribution in [0.1, 0.15) is 26.7 Å². The highest BCUT2D eigenvalue weighted by atomic mass is 16.7. The van der Waals surface area contributed by atoms with E-state index in [2.05, 4.69) is 28.9 Å².